The highest BCUT2D eigenvalue weighted by molar-refractivity contribution is 5.50. The fourth-order valence-electron chi connectivity index (χ4n) is 2.05. The Morgan fingerprint density at radius 1 is 1.36 bits per heavy atom. The highest BCUT2D eigenvalue weighted by Crippen LogP contribution is 2.34. The third-order valence-corrected chi connectivity index (χ3v) is 2.89. The monoisotopic (exact) mass is 313 g/mol. The van der Waals surface area contributed by atoms with Gasteiger partial charge in [-0.3, -0.25) is 10.1 Å². The average Bonchev–Trinajstić information content (AvgIpc) is 2.73. The maximum atomic E-state index is 10.9. The summed E-state index contributed by atoms with van der Waals surface area (Å²) in [4.78, 5) is 10.3. The van der Waals surface area contributed by atoms with Gasteiger partial charge in [-0.05, 0) is 26.8 Å². The number of nitrogens with zero attached hydrogens (tertiary/aromatic N) is 1. The van der Waals surface area contributed by atoms with E-state index in [1.165, 1.54) is 18.2 Å². The van der Waals surface area contributed by atoms with E-state index in [0.717, 1.165) is 0 Å². The van der Waals surface area contributed by atoms with Gasteiger partial charge in [0.2, 0.25) is 5.75 Å². The van der Waals surface area contributed by atoms with Crippen LogP contribution in [-0.4, -0.2) is 34.6 Å². The van der Waals surface area contributed by atoms with Crippen molar-refractivity contribution in [2.75, 3.05) is 13.2 Å². The molecule has 0 amide bonds. The van der Waals surface area contributed by atoms with E-state index >= 15 is 0 Å². The van der Waals surface area contributed by atoms with E-state index in [0.29, 0.717) is 6.61 Å². The quantitative estimate of drug-likeness (QED) is 0.677. The number of rotatable bonds is 4. The van der Waals surface area contributed by atoms with E-state index in [9.17, 15) is 15.2 Å². The molecule has 0 bridgehead atoms. The molecule has 1 heterocycles. The zero-order valence-corrected chi connectivity index (χ0v) is 13.6. The minimum absolute atomic E-state index is 0.00420. The number of ether oxygens (including phenoxy) is 3. The zero-order chi connectivity index (χ0) is 17.0. The van der Waals surface area contributed by atoms with Gasteiger partial charge in [-0.1, -0.05) is 13.8 Å². The highest BCUT2D eigenvalue weighted by atomic mass is 16.8. The number of phenols is 1. The van der Waals surface area contributed by atoms with Crippen LogP contribution in [0.25, 0.3) is 0 Å². The number of aromatic hydroxyl groups is 1. The molecule has 0 spiro atoms. The lowest BCUT2D eigenvalue weighted by molar-refractivity contribution is -0.386. The molecule has 0 unspecified atom stereocenters. The van der Waals surface area contributed by atoms with E-state index < -0.39 is 16.3 Å². The summed E-state index contributed by atoms with van der Waals surface area (Å²) in [7, 11) is 0. The summed E-state index contributed by atoms with van der Waals surface area (Å²) in [6.07, 6.45) is 0. The number of hydrogen-bond acceptors (Lipinski definition) is 6. The Balaban J connectivity index is 0.00000116. The first-order valence-corrected chi connectivity index (χ1v) is 7.15. The Bertz CT molecular complexity index is 531. The second-order valence-electron chi connectivity index (χ2n) is 5.44. The van der Waals surface area contributed by atoms with Crippen molar-refractivity contribution in [3.63, 3.8) is 0 Å². The van der Waals surface area contributed by atoms with Crippen LogP contribution in [0.15, 0.2) is 18.2 Å². The van der Waals surface area contributed by atoms with Crippen LogP contribution in [0.1, 0.15) is 34.6 Å². The van der Waals surface area contributed by atoms with Crippen molar-refractivity contribution < 1.29 is 24.2 Å². The first kappa shape index (κ1) is 18.2. The second-order valence-corrected chi connectivity index (χ2v) is 5.44. The summed E-state index contributed by atoms with van der Waals surface area (Å²) in [5.74, 6) is -0.799. The molecule has 1 atom stereocenters. The molecule has 0 radical (unpaired) electrons. The van der Waals surface area contributed by atoms with Gasteiger partial charge in [0, 0.05) is 12.1 Å². The predicted octanol–water partition coefficient (Wildman–Crippen LogP) is 3.25. The van der Waals surface area contributed by atoms with Crippen LogP contribution in [0.2, 0.25) is 0 Å². The van der Waals surface area contributed by atoms with E-state index in [1.54, 1.807) is 20.8 Å². The molecule has 0 saturated carbocycles. The van der Waals surface area contributed by atoms with E-state index in [-0.39, 0.29) is 23.8 Å². The third kappa shape index (κ3) is 4.57. The summed E-state index contributed by atoms with van der Waals surface area (Å²) in [6.45, 7) is 9.79. The Hall–Kier alpha value is -1.86. The van der Waals surface area contributed by atoms with Crippen molar-refractivity contribution >= 4 is 5.69 Å². The van der Waals surface area contributed by atoms with Crippen molar-refractivity contribution in [3.05, 3.63) is 28.3 Å². The number of benzene rings is 1. The van der Waals surface area contributed by atoms with Gasteiger partial charge in [-0.2, -0.15) is 0 Å². The van der Waals surface area contributed by atoms with Crippen LogP contribution >= 0.6 is 0 Å². The fourth-order valence-corrected chi connectivity index (χ4v) is 2.05. The Morgan fingerprint density at radius 2 is 2.00 bits per heavy atom. The normalized spacial score (nSPS) is 22.6. The molecule has 1 N–H and O–H groups in total. The van der Waals surface area contributed by atoms with Gasteiger partial charge < -0.3 is 19.3 Å². The highest BCUT2D eigenvalue weighted by Gasteiger charge is 2.42. The topological polar surface area (TPSA) is 91.1 Å². The minimum atomic E-state index is -0.705. The fraction of sp³-hybridized carbons (Fsp3) is 0.600. The van der Waals surface area contributed by atoms with Crippen LogP contribution in [0.4, 0.5) is 5.69 Å². The zero-order valence-electron chi connectivity index (χ0n) is 13.6. The summed E-state index contributed by atoms with van der Waals surface area (Å²) in [5.41, 5.74) is -0.896. The minimum Gasteiger partial charge on any atom is -0.508 e. The molecule has 1 aromatic rings. The van der Waals surface area contributed by atoms with Crippen LogP contribution in [-0.2, 0) is 9.47 Å². The standard InChI is InChI=1S/C13H17NO6.C2H6/c1-12(2)19-8-13(3,20-12)7-18-11-6-9(15)4-5-10(11)14(16)17;1-2/h4-6,15H,7-8H2,1-3H3;1-2H3/t13-;/m1./s1. The molecule has 22 heavy (non-hydrogen) atoms. The van der Waals surface area contributed by atoms with E-state index in [2.05, 4.69) is 0 Å². The summed E-state index contributed by atoms with van der Waals surface area (Å²) in [6, 6.07) is 3.65. The molecule has 0 aromatic heterocycles. The number of phenolic OH excluding ortho intramolecular Hbond substituents is 1. The van der Waals surface area contributed by atoms with Gasteiger partial charge in [0.25, 0.3) is 0 Å². The van der Waals surface area contributed by atoms with Crippen molar-refractivity contribution in [1.29, 1.82) is 0 Å². The molecule has 1 saturated heterocycles. The molecule has 0 aliphatic carbocycles. The Morgan fingerprint density at radius 3 is 2.50 bits per heavy atom. The first-order valence-electron chi connectivity index (χ1n) is 7.15. The van der Waals surface area contributed by atoms with E-state index in [4.69, 9.17) is 14.2 Å². The molecule has 1 aliphatic heterocycles. The maximum absolute atomic E-state index is 10.9. The average molecular weight is 313 g/mol. The molecule has 1 aliphatic rings. The van der Waals surface area contributed by atoms with E-state index in [1.807, 2.05) is 13.8 Å². The van der Waals surface area contributed by atoms with Gasteiger partial charge in [0.1, 0.15) is 18.0 Å². The van der Waals surface area contributed by atoms with Crippen molar-refractivity contribution in [2.24, 2.45) is 0 Å². The largest absolute Gasteiger partial charge is 0.508 e. The van der Waals surface area contributed by atoms with Crippen LogP contribution in [0, 0.1) is 10.1 Å². The molecule has 1 aromatic carbocycles. The van der Waals surface area contributed by atoms with Crippen molar-refractivity contribution in [3.8, 4) is 11.5 Å². The van der Waals surface area contributed by atoms with Crippen LogP contribution < -0.4 is 4.74 Å². The number of nitro groups is 1. The lowest BCUT2D eigenvalue weighted by Gasteiger charge is -2.25. The lowest BCUT2D eigenvalue weighted by Crippen LogP contribution is -2.37. The van der Waals surface area contributed by atoms with Crippen LogP contribution in [0.5, 0.6) is 11.5 Å². The molecular formula is C15H23NO6. The molecule has 124 valence electrons. The molecular weight excluding hydrogens is 290 g/mol. The van der Waals surface area contributed by atoms with Crippen LogP contribution in [0.3, 0.4) is 0 Å². The number of hydrogen-bond donors (Lipinski definition) is 1. The maximum Gasteiger partial charge on any atom is 0.311 e. The summed E-state index contributed by atoms with van der Waals surface area (Å²) >= 11 is 0. The SMILES string of the molecule is CC.CC1(C)OC[C@@](C)(COc2cc(O)ccc2[N+](=O)[O-])O1. The van der Waals surface area contributed by atoms with Gasteiger partial charge in [0.15, 0.2) is 5.79 Å². The van der Waals surface area contributed by atoms with Crippen molar-refractivity contribution in [1.82, 2.24) is 0 Å². The smallest absolute Gasteiger partial charge is 0.311 e. The number of nitro benzene ring substituents is 1. The summed E-state index contributed by atoms with van der Waals surface area (Å²) in [5, 5.41) is 20.3. The lowest BCUT2D eigenvalue weighted by atomic mass is 10.1. The second kappa shape index (κ2) is 6.93. The predicted molar refractivity (Wildman–Crippen MR) is 81.1 cm³/mol. The van der Waals surface area contributed by atoms with Gasteiger partial charge in [0.05, 0.1) is 11.5 Å². The van der Waals surface area contributed by atoms with Crippen molar-refractivity contribution in [2.45, 2.75) is 46.0 Å². The molecule has 2 rings (SSSR count). The van der Waals surface area contributed by atoms with Gasteiger partial charge in [-0.15, -0.1) is 0 Å². The van der Waals surface area contributed by atoms with Gasteiger partial charge in [-0.25, -0.2) is 0 Å². The Labute approximate surface area is 130 Å². The third-order valence-electron chi connectivity index (χ3n) is 2.89. The Kier molecular flexibility index (Phi) is 5.73. The summed E-state index contributed by atoms with van der Waals surface area (Å²) < 4.78 is 16.6. The molecule has 7 nitrogen and oxygen atoms in total. The molecule has 1 fully saturated rings. The first-order chi connectivity index (χ1) is 10.2. The molecule has 7 heteroatoms. The van der Waals surface area contributed by atoms with Gasteiger partial charge >= 0.3 is 5.69 Å².